The van der Waals surface area contributed by atoms with Crippen LogP contribution in [0.1, 0.15) is 43.2 Å². The van der Waals surface area contributed by atoms with Crippen molar-refractivity contribution >= 4 is 5.91 Å². The third-order valence-electron chi connectivity index (χ3n) is 5.88. The number of amides is 1. The number of rotatable bonds is 5. The summed E-state index contributed by atoms with van der Waals surface area (Å²) in [6.07, 6.45) is 4.65. The fourth-order valence-electron chi connectivity index (χ4n) is 4.24. The van der Waals surface area contributed by atoms with E-state index < -0.39 is 0 Å². The molecule has 1 aromatic rings. The summed E-state index contributed by atoms with van der Waals surface area (Å²) in [4.78, 5) is 12.6. The Hall–Kier alpha value is -1.59. The topological polar surface area (TPSA) is 73.6 Å². The largest absolute Gasteiger partial charge is 0.496 e. The third kappa shape index (κ3) is 3.82. The molecule has 0 unspecified atom stereocenters. The molecule has 1 saturated carbocycles. The smallest absolute Gasteiger partial charge is 0.224 e. The van der Waals surface area contributed by atoms with Gasteiger partial charge in [-0.3, -0.25) is 4.79 Å². The molecule has 5 nitrogen and oxygen atoms in total. The van der Waals surface area contributed by atoms with E-state index in [4.69, 9.17) is 15.2 Å². The predicted molar refractivity (Wildman–Crippen MR) is 97.8 cm³/mol. The monoisotopic (exact) mass is 346 g/mol. The Morgan fingerprint density at radius 1 is 1.36 bits per heavy atom. The van der Waals surface area contributed by atoms with Crippen LogP contribution in [0.15, 0.2) is 18.2 Å². The molecule has 2 fully saturated rings. The first-order valence-corrected chi connectivity index (χ1v) is 9.32. The van der Waals surface area contributed by atoms with Crippen molar-refractivity contribution in [1.82, 2.24) is 5.32 Å². The van der Waals surface area contributed by atoms with Gasteiger partial charge in [0.1, 0.15) is 5.75 Å². The molecule has 0 aromatic heterocycles. The van der Waals surface area contributed by atoms with Gasteiger partial charge in [0.25, 0.3) is 0 Å². The second-order valence-corrected chi connectivity index (χ2v) is 7.52. The lowest BCUT2D eigenvalue weighted by atomic mass is 9.73. The lowest BCUT2D eigenvalue weighted by Gasteiger charge is -2.39. The fourth-order valence-corrected chi connectivity index (χ4v) is 4.24. The maximum absolute atomic E-state index is 12.6. The van der Waals surface area contributed by atoms with Crippen molar-refractivity contribution in [2.24, 2.45) is 11.7 Å². The number of carbonyl (C=O) groups excluding carboxylic acids is 1. The summed E-state index contributed by atoms with van der Waals surface area (Å²) < 4.78 is 11.2. The van der Waals surface area contributed by atoms with Gasteiger partial charge in [-0.25, -0.2) is 0 Å². The molecule has 25 heavy (non-hydrogen) atoms. The van der Waals surface area contributed by atoms with Gasteiger partial charge in [-0.1, -0.05) is 24.1 Å². The lowest BCUT2D eigenvalue weighted by molar-refractivity contribution is -0.125. The number of ether oxygens (including phenoxy) is 2. The minimum atomic E-state index is -0.145. The normalized spacial score (nSPS) is 25.6. The van der Waals surface area contributed by atoms with Gasteiger partial charge >= 0.3 is 0 Å². The van der Waals surface area contributed by atoms with Gasteiger partial charge in [-0.15, -0.1) is 0 Å². The maximum Gasteiger partial charge on any atom is 0.224 e. The van der Waals surface area contributed by atoms with E-state index in [1.54, 1.807) is 7.11 Å². The molecule has 0 spiro atoms. The number of hydrogen-bond donors (Lipinski definition) is 2. The molecule has 1 heterocycles. The van der Waals surface area contributed by atoms with Crippen molar-refractivity contribution in [2.45, 2.75) is 50.5 Å². The first-order chi connectivity index (χ1) is 12.1. The van der Waals surface area contributed by atoms with Crippen molar-refractivity contribution in [1.29, 1.82) is 0 Å². The Morgan fingerprint density at radius 2 is 2.12 bits per heavy atom. The van der Waals surface area contributed by atoms with Crippen molar-refractivity contribution in [3.8, 4) is 5.75 Å². The average molecular weight is 346 g/mol. The Balaban J connectivity index is 1.82. The first-order valence-electron chi connectivity index (χ1n) is 9.32. The number of aryl methyl sites for hydroxylation is 1. The van der Waals surface area contributed by atoms with Gasteiger partial charge in [0.2, 0.25) is 5.91 Å². The average Bonchev–Trinajstić information content (AvgIpc) is 3.06. The SMILES string of the molecule is COc1ccc(C)cc1C1(CNC(=O)[C@H]2CCC[C@@H]2N)CCOCC1. The highest BCUT2D eigenvalue weighted by Crippen LogP contribution is 2.40. The number of benzene rings is 1. The highest BCUT2D eigenvalue weighted by Gasteiger charge is 2.38. The van der Waals surface area contributed by atoms with Crippen LogP contribution in [0.3, 0.4) is 0 Å². The van der Waals surface area contributed by atoms with E-state index in [9.17, 15) is 4.79 Å². The van der Waals surface area contributed by atoms with Crippen LogP contribution in [0.2, 0.25) is 0 Å². The second-order valence-electron chi connectivity index (χ2n) is 7.52. The molecule has 0 radical (unpaired) electrons. The molecule has 0 bridgehead atoms. The summed E-state index contributed by atoms with van der Waals surface area (Å²) in [5, 5.41) is 3.20. The van der Waals surface area contributed by atoms with Crippen molar-refractivity contribution in [3.05, 3.63) is 29.3 Å². The summed E-state index contributed by atoms with van der Waals surface area (Å²) in [5.74, 6) is 0.943. The summed E-state index contributed by atoms with van der Waals surface area (Å²) in [6, 6.07) is 6.28. The fraction of sp³-hybridized carbons (Fsp3) is 0.650. The molecule has 1 aliphatic heterocycles. The van der Waals surface area contributed by atoms with Crippen molar-refractivity contribution in [3.63, 3.8) is 0 Å². The molecule has 1 aromatic carbocycles. The summed E-state index contributed by atoms with van der Waals surface area (Å²) in [5.41, 5.74) is 8.33. The van der Waals surface area contributed by atoms with Crippen molar-refractivity contribution < 1.29 is 14.3 Å². The Labute approximate surface area is 150 Å². The van der Waals surface area contributed by atoms with Gasteiger partial charge in [0, 0.05) is 36.8 Å². The van der Waals surface area contributed by atoms with Crippen LogP contribution >= 0.6 is 0 Å². The predicted octanol–water partition coefficient (Wildman–Crippen LogP) is 2.30. The van der Waals surface area contributed by atoms with Crippen LogP contribution in [0.25, 0.3) is 0 Å². The zero-order valence-corrected chi connectivity index (χ0v) is 15.3. The number of nitrogens with one attached hydrogen (secondary N) is 1. The molecular weight excluding hydrogens is 316 g/mol. The molecule has 3 rings (SSSR count). The Kier molecular flexibility index (Phi) is 5.64. The molecule has 1 saturated heterocycles. The van der Waals surface area contributed by atoms with E-state index in [0.29, 0.717) is 19.8 Å². The van der Waals surface area contributed by atoms with E-state index in [2.05, 4.69) is 24.4 Å². The van der Waals surface area contributed by atoms with E-state index in [-0.39, 0.29) is 23.3 Å². The summed E-state index contributed by atoms with van der Waals surface area (Å²) in [6.45, 7) is 4.11. The van der Waals surface area contributed by atoms with Crippen LogP contribution in [-0.2, 0) is 14.9 Å². The van der Waals surface area contributed by atoms with Crippen LogP contribution in [-0.4, -0.2) is 38.8 Å². The third-order valence-corrected chi connectivity index (χ3v) is 5.88. The molecule has 2 aliphatic rings. The minimum absolute atomic E-state index is 0.000792. The first kappa shape index (κ1) is 18.2. The number of nitrogens with two attached hydrogens (primary N) is 1. The van der Waals surface area contributed by atoms with Crippen LogP contribution < -0.4 is 15.8 Å². The van der Waals surface area contributed by atoms with Crippen LogP contribution in [0.4, 0.5) is 0 Å². The highest BCUT2D eigenvalue weighted by molar-refractivity contribution is 5.79. The van der Waals surface area contributed by atoms with Crippen molar-refractivity contribution in [2.75, 3.05) is 26.9 Å². The lowest BCUT2D eigenvalue weighted by Crippen LogP contribution is -2.47. The molecular formula is C20H30N2O3. The van der Waals surface area contributed by atoms with Gasteiger partial charge in [0.15, 0.2) is 0 Å². The van der Waals surface area contributed by atoms with Crippen LogP contribution in [0.5, 0.6) is 5.75 Å². The number of methoxy groups -OCH3 is 1. The molecule has 138 valence electrons. The summed E-state index contributed by atoms with van der Waals surface area (Å²) in [7, 11) is 1.71. The summed E-state index contributed by atoms with van der Waals surface area (Å²) >= 11 is 0. The van der Waals surface area contributed by atoms with Crippen LogP contribution in [0, 0.1) is 12.8 Å². The quantitative estimate of drug-likeness (QED) is 0.858. The standard InChI is InChI=1S/C20H30N2O3/c1-14-6-7-18(24-2)16(12-14)20(8-10-25-11-9-20)13-22-19(23)15-4-3-5-17(15)21/h6-7,12,15,17H,3-5,8-11,13,21H2,1-2H3,(H,22,23)/t15-,17-/m0/s1. The Morgan fingerprint density at radius 3 is 2.76 bits per heavy atom. The molecule has 2 atom stereocenters. The van der Waals surface area contributed by atoms with Gasteiger partial charge in [-0.05, 0) is 38.7 Å². The van der Waals surface area contributed by atoms with E-state index >= 15 is 0 Å². The van der Waals surface area contributed by atoms with Gasteiger partial charge < -0.3 is 20.5 Å². The maximum atomic E-state index is 12.6. The number of carbonyl (C=O) groups is 1. The zero-order valence-electron chi connectivity index (χ0n) is 15.3. The minimum Gasteiger partial charge on any atom is -0.496 e. The zero-order chi connectivity index (χ0) is 17.9. The molecule has 5 heteroatoms. The second kappa shape index (κ2) is 7.75. The molecule has 1 aliphatic carbocycles. The van der Waals surface area contributed by atoms with Gasteiger partial charge in [0.05, 0.1) is 13.0 Å². The van der Waals surface area contributed by atoms with Gasteiger partial charge in [-0.2, -0.15) is 0 Å². The number of hydrogen-bond acceptors (Lipinski definition) is 4. The Bertz CT molecular complexity index is 611. The van der Waals surface area contributed by atoms with E-state index in [0.717, 1.165) is 37.9 Å². The molecule has 1 amide bonds. The van der Waals surface area contributed by atoms with E-state index in [1.165, 1.54) is 11.1 Å². The van der Waals surface area contributed by atoms with E-state index in [1.807, 2.05) is 6.07 Å². The molecule has 3 N–H and O–H groups in total. The highest BCUT2D eigenvalue weighted by atomic mass is 16.5.